The van der Waals surface area contributed by atoms with E-state index in [1.807, 2.05) is 18.2 Å². The Labute approximate surface area is 210 Å². The largest absolute Gasteiger partial charge is 0.481 e. The van der Waals surface area contributed by atoms with Crippen molar-refractivity contribution in [2.45, 2.75) is 38.0 Å². The average Bonchev–Trinajstić information content (AvgIpc) is 3.29. The number of carbonyl (C=O) groups is 3. The van der Waals surface area contributed by atoms with Crippen molar-refractivity contribution >= 4 is 29.5 Å². The van der Waals surface area contributed by atoms with Crippen LogP contribution in [0.4, 0.5) is 8.78 Å². The zero-order valence-corrected chi connectivity index (χ0v) is 20.2. The summed E-state index contributed by atoms with van der Waals surface area (Å²) in [6, 6.07) is 12.1. The summed E-state index contributed by atoms with van der Waals surface area (Å²) in [4.78, 5) is 35.7. The van der Waals surface area contributed by atoms with Crippen LogP contribution < -0.4 is 10.6 Å². The summed E-state index contributed by atoms with van der Waals surface area (Å²) >= 11 is 1.31. The number of halogens is 2. The lowest BCUT2D eigenvalue weighted by Gasteiger charge is -2.26. The first-order chi connectivity index (χ1) is 17.1. The van der Waals surface area contributed by atoms with Crippen LogP contribution in [0.25, 0.3) is 10.4 Å². The molecule has 36 heavy (non-hydrogen) atoms. The van der Waals surface area contributed by atoms with Crippen molar-refractivity contribution in [3.63, 3.8) is 0 Å². The fourth-order valence-corrected chi connectivity index (χ4v) is 4.71. The summed E-state index contributed by atoms with van der Waals surface area (Å²) in [7, 11) is 0. The summed E-state index contributed by atoms with van der Waals surface area (Å²) in [5.41, 5.74) is 1.73. The van der Waals surface area contributed by atoms with Gasteiger partial charge in [0.05, 0.1) is 23.4 Å². The van der Waals surface area contributed by atoms with Crippen LogP contribution in [0.5, 0.6) is 0 Å². The van der Waals surface area contributed by atoms with Gasteiger partial charge >= 0.3 is 5.97 Å². The van der Waals surface area contributed by atoms with Gasteiger partial charge in [0.25, 0.3) is 0 Å². The minimum Gasteiger partial charge on any atom is -0.481 e. The maximum Gasteiger partial charge on any atom is 0.305 e. The molecule has 7 nitrogen and oxygen atoms in total. The molecular formula is C26H26F2N2O5S. The number of aliphatic carboxylic acids is 1. The average molecular weight is 517 g/mol. The first-order valence-electron chi connectivity index (χ1n) is 11.1. The molecule has 1 aromatic heterocycles. The molecule has 0 fully saturated rings. The van der Waals surface area contributed by atoms with Crippen molar-refractivity contribution in [1.82, 2.24) is 10.6 Å². The quantitative estimate of drug-likeness (QED) is 0.273. The number of hydrogen-bond acceptors (Lipinski definition) is 6. The van der Waals surface area contributed by atoms with Crippen molar-refractivity contribution in [3.8, 4) is 10.4 Å². The third-order valence-electron chi connectivity index (χ3n) is 5.50. The minimum atomic E-state index is -1.19. The highest BCUT2D eigenvalue weighted by Crippen LogP contribution is 2.30. The molecular weight excluding hydrogens is 490 g/mol. The maximum atomic E-state index is 13.6. The van der Waals surface area contributed by atoms with Crippen molar-refractivity contribution in [1.29, 1.82) is 0 Å². The van der Waals surface area contributed by atoms with E-state index < -0.39 is 41.7 Å². The Morgan fingerprint density at radius 1 is 1.08 bits per heavy atom. The van der Waals surface area contributed by atoms with E-state index in [9.17, 15) is 33.4 Å². The lowest BCUT2D eigenvalue weighted by Crippen LogP contribution is -2.48. The topological polar surface area (TPSA) is 116 Å². The van der Waals surface area contributed by atoms with Crippen LogP contribution in [0.15, 0.2) is 54.6 Å². The van der Waals surface area contributed by atoms with E-state index in [-0.39, 0.29) is 24.9 Å². The second-order valence-corrected chi connectivity index (χ2v) is 9.48. The summed E-state index contributed by atoms with van der Waals surface area (Å²) in [5.74, 6) is -3.03. The molecule has 0 bridgehead atoms. The summed E-state index contributed by atoms with van der Waals surface area (Å²) < 4.78 is 27.2. The predicted molar refractivity (Wildman–Crippen MR) is 132 cm³/mol. The zero-order valence-electron chi connectivity index (χ0n) is 19.4. The minimum absolute atomic E-state index is 0.0341. The molecule has 1 heterocycles. The molecule has 0 aliphatic rings. The Balaban J connectivity index is 1.77. The molecule has 0 radical (unpaired) electrons. The molecule has 1 unspecified atom stereocenters. The highest BCUT2D eigenvalue weighted by molar-refractivity contribution is 7.17. The van der Waals surface area contributed by atoms with Gasteiger partial charge in [-0.15, -0.1) is 11.3 Å². The van der Waals surface area contributed by atoms with E-state index in [4.69, 9.17) is 0 Å². The van der Waals surface area contributed by atoms with Gasteiger partial charge < -0.3 is 20.8 Å². The molecule has 3 atom stereocenters. The molecule has 0 spiro atoms. The molecule has 1 amide bonds. The van der Waals surface area contributed by atoms with Crippen molar-refractivity contribution < 1.29 is 33.4 Å². The third kappa shape index (κ3) is 7.77. The Hall–Kier alpha value is -3.47. The molecule has 4 N–H and O–H groups in total. The number of thiophene rings is 1. The molecule has 0 aliphatic heterocycles. The molecule has 0 saturated heterocycles. The van der Waals surface area contributed by atoms with Crippen LogP contribution in [0.2, 0.25) is 0 Å². The van der Waals surface area contributed by atoms with E-state index >= 15 is 0 Å². The van der Waals surface area contributed by atoms with Gasteiger partial charge in [-0.2, -0.15) is 0 Å². The van der Waals surface area contributed by atoms with Crippen LogP contribution in [0.1, 0.15) is 40.2 Å². The van der Waals surface area contributed by atoms with Crippen LogP contribution in [-0.4, -0.2) is 47.1 Å². The SMILES string of the molecule is CC(=O)N[C@@H](Cc1cc(F)cc(F)c1)[C@H](O)CNC(CC(=O)O)c1cccc(-c2ccc(C=O)s2)c1. The number of benzene rings is 2. The standard InChI is InChI=1S/C26H26F2N2O5S/c1-15(32)30-23(9-16-7-19(27)11-20(28)8-16)24(33)13-29-22(12-26(34)35)17-3-2-4-18(10-17)25-6-5-21(14-31)36-25/h2-8,10-11,14,22-24,29,33H,9,12-13H2,1H3,(H,30,32)(H,34,35)/t22?,23-,24+/m0/s1. The number of nitrogens with one attached hydrogen (secondary N) is 2. The van der Waals surface area contributed by atoms with Gasteiger partial charge in [-0.05, 0) is 53.4 Å². The van der Waals surface area contributed by atoms with E-state index in [1.54, 1.807) is 18.2 Å². The predicted octanol–water partition coefficient (Wildman–Crippen LogP) is 3.72. The summed E-state index contributed by atoms with van der Waals surface area (Å²) in [6.07, 6.45) is -0.738. The Morgan fingerprint density at radius 3 is 2.42 bits per heavy atom. The molecule has 0 saturated carbocycles. The number of rotatable bonds is 12. The van der Waals surface area contributed by atoms with Gasteiger partial charge in [0, 0.05) is 30.5 Å². The van der Waals surface area contributed by atoms with Crippen molar-refractivity contribution in [2.24, 2.45) is 0 Å². The monoisotopic (exact) mass is 516 g/mol. The van der Waals surface area contributed by atoms with Gasteiger partial charge in [-0.1, -0.05) is 18.2 Å². The number of carboxylic acid groups (broad SMARTS) is 1. The number of hydrogen-bond donors (Lipinski definition) is 4. The van der Waals surface area contributed by atoms with Gasteiger partial charge in [-0.3, -0.25) is 14.4 Å². The second kappa shape index (κ2) is 12.5. The molecule has 10 heteroatoms. The fraction of sp³-hybridized carbons (Fsp3) is 0.269. The Kier molecular flexibility index (Phi) is 9.40. The molecule has 190 valence electrons. The fourth-order valence-electron chi connectivity index (χ4n) is 3.89. The second-order valence-electron chi connectivity index (χ2n) is 8.36. The molecule has 0 aliphatic carbocycles. The van der Waals surface area contributed by atoms with Gasteiger partial charge in [0.2, 0.25) is 5.91 Å². The lowest BCUT2D eigenvalue weighted by molar-refractivity contribution is -0.137. The van der Waals surface area contributed by atoms with Gasteiger partial charge in [0.1, 0.15) is 11.6 Å². The van der Waals surface area contributed by atoms with Crippen LogP contribution in [0, 0.1) is 11.6 Å². The molecule has 3 aromatic rings. The number of aliphatic hydroxyl groups is 1. The first-order valence-corrected chi connectivity index (χ1v) is 12.0. The molecule has 2 aromatic carbocycles. The Morgan fingerprint density at radius 2 is 1.81 bits per heavy atom. The number of aldehydes is 1. The lowest BCUT2D eigenvalue weighted by atomic mass is 9.98. The number of amides is 1. The van der Waals surface area contributed by atoms with E-state index in [2.05, 4.69) is 10.6 Å². The summed E-state index contributed by atoms with van der Waals surface area (Å²) in [5, 5.41) is 25.9. The normalized spacial score (nSPS) is 13.6. The van der Waals surface area contributed by atoms with Gasteiger partial charge in [-0.25, -0.2) is 8.78 Å². The van der Waals surface area contributed by atoms with Crippen molar-refractivity contribution in [2.75, 3.05) is 6.54 Å². The van der Waals surface area contributed by atoms with Crippen LogP contribution in [0.3, 0.4) is 0 Å². The molecule has 3 rings (SSSR count). The highest BCUT2D eigenvalue weighted by atomic mass is 32.1. The van der Waals surface area contributed by atoms with Crippen LogP contribution >= 0.6 is 11.3 Å². The van der Waals surface area contributed by atoms with Gasteiger partial charge in [0.15, 0.2) is 6.29 Å². The smallest absolute Gasteiger partial charge is 0.305 e. The maximum absolute atomic E-state index is 13.6. The van der Waals surface area contributed by atoms with E-state index in [0.717, 1.165) is 34.9 Å². The summed E-state index contributed by atoms with van der Waals surface area (Å²) in [6.45, 7) is 1.16. The Bertz CT molecular complexity index is 1210. The number of aliphatic hydroxyl groups excluding tert-OH is 1. The van der Waals surface area contributed by atoms with Crippen molar-refractivity contribution in [3.05, 3.63) is 82.2 Å². The number of carbonyl (C=O) groups excluding carboxylic acids is 2. The van der Waals surface area contributed by atoms with E-state index in [0.29, 0.717) is 10.4 Å². The van der Waals surface area contributed by atoms with Crippen LogP contribution in [-0.2, 0) is 16.0 Å². The highest BCUT2D eigenvalue weighted by Gasteiger charge is 2.24. The zero-order chi connectivity index (χ0) is 26.2. The first kappa shape index (κ1) is 27.1. The number of carboxylic acids is 1. The third-order valence-corrected chi connectivity index (χ3v) is 6.56. The van der Waals surface area contributed by atoms with E-state index in [1.165, 1.54) is 18.3 Å².